The van der Waals surface area contributed by atoms with Gasteiger partial charge in [0.05, 0.1) is 6.54 Å². The Morgan fingerprint density at radius 3 is 2.61 bits per heavy atom. The van der Waals surface area contributed by atoms with Crippen LogP contribution in [0.4, 0.5) is 4.79 Å². The predicted molar refractivity (Wildman–Crippen MR) is 87.0 cm³/mol. The molecule has 1 fully saturated rings. The van der Waals surface area contributed by atoms with Crippen molar-refractivity contribution in [2.24, 2.45) is 0 Å². The molecular weight excluding hydrogens is 312 g/mol. The van der Waals surface area contributed by atoms with Gasteiger partial charge in [-0.25, -0.2) is 4.79 Å². The van der Waals surface area contributed by atoms with Crippen molar-refractivity contribution in [1.82, 2.24) is 10.2 Å². The van der Waals surface area contributed by atoms with Crippen LogP contribution in [0.25, 0.3) is 0 Å². The van der Waals surface area contributed by atoms with Gasteiger partial charge in [-0.05, 0) is 41.7 Å². The number of imide groups is 1. The fraction of sp³-hybridized carbons (Fsp3) is 0.222. The van der Waals surface area contributed by atoms with Gasteiger partial charge in [0, 0.05) is 5.02 Å². The first kappa shape index (κ1) is 14.3. The molecule has 2 aliphatic rings. The number of nitrogens with one attached hydrogen (secondary N) is 1. The molecule has 4 nitrogen and oxygen atoms in total. The molecule has 0 aromatic heterocycles. The van der Waals surface area contributed by atoms with Crippen LogP contribution < -0.4 is 5.32 Å². The lowest BCUT2D eigenvalue weighted by atomic mass is 9.92. The third kappa shape index (κ3) is 2.13. The molecule has 1 aliphatic heterocycles. The van der Waals surface area contributed by atoms with Gasteiger partial charge in [-0.1, -0.05) is 48.0 Å². The second kappa shape index (κ2) is 5.10. The van der Waals surface area contributed by atoms with Crippen molar-refractivity contribution < 1.29 is 9.59 Å². The van der Waals surface area contributed by atoms with Crippen molar-refractivity contribution in [2.75, 3.05) is 0 Å². The smallest absolute Gasteiger partial charge is 0.319 e. The molecule has 0 bridgehead atoms. The van der Waals surface area contributed by atoms with E-state index in [1.807, 2.05) is 36.4 Å². The summed E-state index contributed by atoms with van der Waals surface area (Å²) >= 11 is 5.88. The number of benzene rings is 2. The standard InChI is InChI=1S/C18H15ClN2O2/c19-14-7-5-12(6-8-14)11-21-16(22)18(20-17(21)23)10-9-13-3-1-2-4-15(13)18/h1-8H,9-11H2,(H,20,23). The third-order valence-corrected chi connectivity index (χ3v) is 4.93. The number of halogens is 1. The Kier molecular flexibility index (Phi) is 3.16. The molecule has 5 heteroatoms. The molecule has 4 rings (SSSR count). The molecule has 116 valence electrons. The first-order valence-electron chi connectivity index (χ1n) is 7.57. The minimum Gasteiger partial charge on any atom is -0.319 e. The van der Waals surface area contributed by atoms with Crippen molar-refractivity contribution in [1.29, 1.82) is 0 Å². The van der Waals surface area contributed by atoms with Crippen LogP contribution >= 0.6 is 11.6 Å². The van der Waals surface area contributed by atoms with Gasteiger partial charge in [0.1, 0.15) is 5.54 Å². The van der Waals surface area contributed by atoms with E-state index in [-0.39, 0.29) is 18.5 Å². The highest BCUT2D eigenvalue weighted by molar-refractivity contribution is 6.30. The average Bonchev–Trinajstić information content (AvgIpc) is 3.04. The molecule has 1 heterocycles. The molecule has 23 heavy (non-hydrogen) atoms. The quantitative estimate of drug-likeness (QED) is 0.861. The first-order chi connectivity index (χ1) is 11.1. The van der Waals surface area contributed by atoms with Crippen LogP contribution in [-0.4, -0.2) is 16.8 Å². The maximum atomic E-state index is 13.0. The number of urea groups is 1. The molecule has 1 aliphatic carbocycles. The van der Waals surface area contributed by atoms with Gasteiger partial charge >= 0.3 is 6.03 Å². The van der Waals surface area contributed by atoms with Crippen LogP contribution in [0.5, 0.6) is 0 Å². The van der Waals surface area contributed by atoms with E-state index in [1.54, 1.807) is 12.1 Å². The van der Waals surface area contributed by atoms with E-state index in [0.29, 0.717) is 11.4 Å². The summed E-state index contributed by atoms with van der Waals surface area (Å²) in [5, 5.41) is 3.56. The summed E-state index contributed by atoms with van der Waals surface area (Å²) < 4.78 is 0. The van der Waals surface area contributed by atoms with Gasteiger partial charge in [-0.15, -0.1) is 0 Å². The Hall–Kier alpha value is -2.33. The van der Waals surface area contributed by atoms with Crippen LogP contribution in [0.2, 0.25) is 5.02 Å². The van der Waals surface area contributed by atoms with Crippen molar-refractivity contribution in [2.45, 2.75) is 24.9 Å². The average molecular weight is 327 g/mol. The molecule has 1 saturated heterocycles. The second-order valence-electron chi connectivity index (χ2n) is 6.01. The van der Waals surface area contributed by atoms with Gasteiger partial charge in [0.2, 0.25) is 0 Å². The number of carbonyl (C=O) groups is 2. The van der Waals surface area contributed by atoms with Crippen LogP contribution in [0.3, 0.4) is 0 Å². The lowest BCUT2D eigenvalue weighted by molar-refractivity contribution is -0.132. The Morgan fingerprint density at radius 2 is 1.83 bits per heavy atom. The van der Waals surface area contributed by atoms with Gasteiger partial charge < -0.3 is 5.32 Å². The number of nitrogens with zero attached hydrogens (tertiary/aromatic N) is 1. The number of rotatable bonds is 2. The van der Waals surface area contributed by atoms with Crippen LogP contribution in [-0.2, 0) is 23.3 Å². The van der Waals surface area contributed by atoms with Gasteiger partial charge in [0.25, 0.3) is 5.91 Å². The molecule has 2 aromatic carbocycles. The molecule has 1 N–H and O–H groups in total. The van der Waals surface area contributed by atoms with Crippen molar-refractivity contribution in [3.8, 4) is 0 Å². The van der Waals surface area contributed by atoms with E-state index in [0.717, 1.165) is 23.1 Å². The maximum absolute atomic E-state index is 13.0. The second-order valence-corrected chi connectivity index (χ2v) is 6.45. The summed E-state index contributed by atoms with van der Waals surface area (Å²) in [5.41, 5.74) is 2.05. The Morgan fingerprint density at radius 1 is 1.09 bits per heavy atom. The van der Waals surface area contributed by atoms with Crippen molar-refractivity contribution >= 4 is 23.5 Å². The van der Waals surface area contributed by atoms with Crippen LogP contribution in [0.15, 0.2) is 48.5 Å². The monoisotopic (exact) mass is 326 g/mol. The van der Waals surface area contributed by atoms with Crippen molar-refractivity contribution in [3.05, 3.63) is 70.2 Å². The highest BCUT2D eigenvalue weighted by Crippen LogP contribution is 2.41. The lowest BCUT2D eigenvalue weighted by Crippen LogP contribution is -2.41. The fourth-order valence-corrected chi connectivity index (χ4v) is 3.63. The van der Waals surface area contributed by atoms with E-state index >= 15 is 0 Å². The number of aryl methyl sites for hydroxylation is 1. The zero-order valence-electron chi connectivity index (χ0n) is 12.4. The van der Waals surface area contributed by atoms with E-state index in [1.165, 1.54) is 4.90 Å². The van der Waals surface area contributed by atoms with E-state index in [9.17, 15) is 9.59 Å². The first-order valence-corrected chi connectivity index (χ1v) is 7.95. The Bertz CT molecular complexity index is 803. The summed E-state index contributed by atoms with van der Waals surface area (Å²) in [5.74, 6) is -0.164. The molecular formula is C18H15ClN2O2. The van der Waals surface area contributed by atoms with Crippen LogP contribution in [0.1, 0.15) is 23.1 Å². The van der Waals surface area contributed by atoms with E-state index < -0.39 is 5.54 Å². The van der Waals surface area contributed by atoms with Crippen LogP contribution in [0, 0.1) is 0 Å². The summed E-state index contributed by atoms with van der Waals surface area (Å²) in [6.45, 7) is 0.256. The SMILES string of the molecule is O=C1NC2(CCc3ccccc32)C(=O)N1Cc1ccc(Cl)cc1. The number of hydrogen-bond donors (Lipinski definition) is 1. The van der Waals surface area contributed by atoms with E-state index in [2.05, 4.69) is 5.32 Å². The zero-order chi connectivity index (χ0) is 16.0. The number of carbonyl (C=O) groups excluding carboxylic acids is 2. The number of amides is 3. The number of hydrogen-bond acceptors (Lipinski definition) is 2. The zero-order valence-corrected chi connectivity index (χ0v) is 13.1. The Balaban J connectivity index is 1.66. The summed E-state index contributed by atoms with van der Waals surface area (Å²) in [7, 11) is 0. The largest absolute Gasteiger partial charge is 0.325 e. The highest BCUT2D eigenvalue weighted by atomic mass is 35.5. The van der Waals surface area contributed by atoms with Gasteiger partial charge in [-0.2, -0.15) is 0 Å². The summed E-state index contributed by atoms with van der Waals surface area (Å²) in [6, 6.07) is 14.7. The number of fused-ring (bicyclic) bond motifs is 2. The molecule has 3 amide bonds. The summed E-state index contributed by atoms with van der Waals surface area (Å²) in [6.07, 6.45) is 1.42. The Labute approximate surface area is 139 Å². The van der Waals surface area contributed by atoms with E-state index in [4.69, 9.17) is 11.6 Å². The highest BCUT2D eigenvalue weighted by Gasteiger charge is 2.55. The molecule has 0 radical (unpaired) electrons. The molecule has 1 unspecified atom stereocenters. The third-order valence-electron chi connectivity index (χ3n) is 4.68. The fourth-order valence-electron chi connectivity index (χ4n) is 3.51. The van der Waals surface area contributed by atoms with Gasteiger partial charge in [0.15, 0.2) is 0 Å². The topological polar surface area (TPSA) is 49.4 Å². The lowest BCUT2D eigenvalue weighted by Gasteiger charge is -2.22. The predicted octanol–water partition coefficient (Wildman–Crippen LogP) is 3.23. The maximum Gasteiger partial charge on any atom is 0.325 e. The molecule has 1 atom stereocenters. The van der Waals surface area contributed by atoms with Crippen molar-refractivity contribution in [3.63, 3.8) is 0 Å². The minimum atomic E-state index is -0.889. The van der Waals surface area contributed by atoms with Gasteiger partial charge in [-0.3, -0.25) is 9.69 Å². The normalized spacial score (nSPS) is 22.6. The molecule has 2 aromatic rings. The minimum absolute atomic E-state index is 0.164. The summed E-state index contributed by atoms with van der Waals surface area (Å²) in [4.78, 5) is 26.7. The molecule has 0 saturated carbocycles. The molecule has 1 spiro atoms.